The molecule has 8 heteroatoms. The van der Waals surface area contributed by atoms with Gasteiger partial charge in [0, 0.05) is 32.0 Å². The van der Waals surface area contributed by atoms with E-state index in [1.807, 2.05) is 24.3 Å². The quantitative estimate of drug-likeness (QED) is 0.511. The molecule has 2 amide bonds. The Hall–Kier alpha value is -3.39. The summed E-state index contributed by atoms with van der Waals surface area (Å²) >= 11 is 0. The number of fused-ring (bicyclic) bond motifs is 3. The molecule has 2 aliphatic rings. The first-order valence-electron chi connectivity index (χ1n) is 11.1. The van der Waals surface area contributed by atoms with Crippen molar-refractivity contribution in [3.8, 4) is 11.1 Å². The van der Waals surface area contributed by atoms with Crippen LogP contribution in [0.2, 0.25) is 0 Å². The van der Waals surface area contributed by atoms with Gasteiger partial charge < -0.3 is 25.2 Å². The molecule has 2 aromatic rings. The second kappa shape index (κ2) is 10.0. The highest BCUT2D eigenvalue weighted by molar-refractivity contribution is 5.82. The number of methoxy groups -OCH3 is 1. The molecule has 33 heavy (non-hydrogen) atoms. The van der Waals surface area contributed by atoms with E-state index in [1.54, 1.807) is 0 Å². The van der Waals surface area contributed by atoms with Crippen LogP contribution >= 0.6 is 0 Å². The van der Waals surface area contributed by atoms with E-state index in [0.717, 1.165) is 11.1 Å². The SMILES string of the molecule is COC(CNC(=O)C1CC1CNC(=O)OCC1c2ccccc2-c2ccccc21)CC(=O)O. The van der Waals surface area contributed by atoms with E-state index in [-0.39, 0.29) is 43.2 Å². The van der Waals surface area contributed by atoms with Crippen molar-refractivity contribution in [1.82, 2.24) is 10.6 Å². The first-order valence-corrected chi connectivity index (χ1v) is 11.1. The van der Waals surface area contributed by atoms with Crippen LogP contribution in [0.4, 0.5) is 4.79 Å². The predicted octanol–water partition coefficient (Wildman–Crippen LogP) is 2.77. The van der Waals surface area contributed by atoms with Crippen molar-refractivity contribution >= 4 is 18.0 Å². The number of hydrogen-bond donors (Lipinski definition) is 3. The number of nitrogens with one attached hydrogen (secondary N) is 2. The Balaban J connectivity index is 1.21. The third-order valence-corrected chi connectivity index (χ3v) is 6.35. The fraction of sp³-hybridized carbons (Fsp3) is 0.400. The zero-order chi connectivity index (χ0) is 23.4. The molecule has 0 saturated heterocycles. The summed E-state index contributed by atoms with van der Waals surface area (Å²) < 4.78 is 10.6. The van der Waals surface area contributed by atoms with E-state index >= 15 is 0 Å². The molecule has 4 rings (SSSR count). The molecule has 174 valence electrons. The standard InChI is InChI=1S/C25H28N2O6/c1-32-16(11-23(28)29)13-26-24(30)21-10-15(21)12-27-25(31)33-14-22-19-8-4-2-6-17(19)18-7-3-5-9-20(18)22/h2-9,15-16,21-22H,10-14H2,1H3,(H,26,30)(H,27,31)(H,28,29). The van der Waals surface area contributed by atoms with Gasteiger partial charge in [-0.3, -0.25) is 9.59 Å². The van der Waals surface area contributed by atoms with Gasteiger partial charge in [0.2, 0.25) is 5.91 Å². The highest BCUT2D eigenvalue weighted by Crippen LogP contribution is 2.44. The van der Waals surface area contributed by atoms with Crippen molar-refractivity contribution < 1.29 is 29.0 Å². The van der Waals surface area contributed by atoms with Gasteiger partial charge in [-0.05, 0) is 34.6 Å². The fourth-order valence-electron chi connectivity index (χ4n) is 4.44. The zero-order valence-corrected chi connectivity index (χ0v) is 18.5. The molecular formula is C25H28N2O6. The van der Waals surface area contributed by atoms with E-state index in [1.165, 1.54) is 18.2 Å². The molecule has 0 bridgehead atoms. The zero-order valence-electron chi connectivity index (χ0n) is 18.5. The smallest absolute Gasteiger partial charge is 0.407 e. The van der Waals surface area contributed by atoms with Crippen LogP contribution in [0, 0.1) is 11.8 Å². The molecule has 0 heterocycles. The van der Waals surface area contributed by atoms with Crippen LogP contribution in [0.5, 0.6) is 0 Å². The third kappa shape index (κ3) is 5.34. The molecule has 0 radical (unpaired) electrons. The Labute approximate surface area is 192 Å². The van der Waals surface area contributed by atoms with Gasteiger partial charge in [0.05, 0.1) is 12.5 Å². The lowest BCUT2D eigenvalue weighted by Crippen LogP contribution is -2.36. The molecule has 3 unspecified atom stereocenters. The topological polar surface area (TPSA) is 114 Å². The lowest BCUT2D eigenvalue weighted by atomic mass is 9.98. The molecule has 2 aromatic carbocycles. The van der Waals surface area contributed by atoms with Crippen molar-refractivity contribution in [1.29, 1.82) is 0 Å². The highest BCUT2D eigenvalue weighted by atomic mass is 16.5. The maximum Gasteiger partial charge on any atom is 0.407 e. The molecule has 0 spiro atoms. The molecule has 0 aromatic heterocycles. The molecular weight excluding hydrogens is 424 g/mol. The number of carboxylic acid groups (broad SMARTS) is 1. The van der Waals surface area contributed by atoms with Crippen LogP contribution in [-0.2, 0) is 19.1 Å². The number of alkyl carbamates (subject to hydrolysis) is 1. The second-order valence-corrected chi connectivity index (χ2v) is 8.51. The maximum absolute atomic E-state index is 12.3. The van der Waals surface area contributed by atoms with Crippen LogP contribution in [0.1, 0.15) is 29.9 Å². The van der Waals surface area contributed by atoms with Crippen LogP contribution in [0.25, 0.3) is 11.1 Å². The number of carbonyl (C=O) groups is 3. The number of benzene rings is 2. The van der Waals surface area contributed by atoms with Gasteiger partial charge in [0.25, 0.3) is 0 Å². The average Bonchev–Trinajstić information content (AvgIpc) is 3.53. The summed E-state index contributed by atoms with van der Waals surface area (Å²) in [4.78, 5) is 35.3. The monoisotopic (exact) mass is 452 g/mol. The number of amides is 2. The minimum Gasteiger partial charge on any atom is -0.481 e. The van der Waals surface area contributed by atoms with Gasteiger partial charge in [-0.15, -0.1) is 0 Å². The van der Waals surface area contributed by atoms with Crippen LogP contribution < -0.4 is 10.6 Å². The van der Waals surface area contributed by atoms with Gasteiger partial charge in [-0.25, -0.2) is 4.79 Å². The van der Waals surface area contributed by atoms with Crippen LogP contribution in [0.3, 0.4) is 0 Å². The summed E-state index contributed by atoms with van der Waals surface area (Å²) in [6, 6.07) is 16.3. The largest absolute Gasteiger partial charge is 0.481 e. The predicted molar refractivity (Wildman–Crippen MR) is 121 cm³/mol. The first-order chi connectivity index (χ1) is 16.0. The molecule has 2 aliphatic carbocycles. The Bertz CT molecular complexity index is 994. The minimum atomic E-state index is -0.979. The van der Waals surface area contributed by atoms with E-state index in [4.69, 9.17) is 14.6 Å². The van der Waals surface area contributed by atoms with Crippen LogP contribution in [-0.4, -0.2) is 56.0 Å². The minimum absolute atomic E-state index is 0.00198. The Morgan fingerprint density at radius 1 is 1.03 bits per heavy atom. The van der Waals surface area contributed by atoms with Gasteiger partial charge in [-0.1, -0.05) is 48.5 Å². The molecule has 1 fully saturated rings. The highest BCUT2D eigenvalue weighted by Gasteiger charge is 2.43. The molecule has 0 aliphatic heterocycles. The summed E-state index contributed by atoms with van der Waals surface area (Å²) in [5, 5.41) is 14.3. The van der Waals surface area contributed by atoms with Gasteiger partial charge in [0.1, 0.15) is 6.61 Å². The average molecular weight is 453 g/mol. The first kappa shape index (κ1) is 22.8. The molecule has 1 saturated carbocycles. The number of rotatable bonds is 10. The van der Waals surface area contributed by atoms with Crippen molar-refractivity contribution in [2.75, 3.05) is 26.8 Å². The summed E-state index contributed by atoms with van der Waals surface area (Å²) in [5.41, 5.74) is 4.66. The summed E-state index contributed by atoms with van der Waals surface area (Å²) in [6.07, 6.45) is -0.563. The maximum atomic E-state index is 12.3. The number of hydrogen-bond acceptors (Lipinski definition) is 5. The number of aliphatic carboxylic acids is 1. The van der Waals surface area contributed by atoms with Crippen molar-refractivity contribution in [3.05, 3.63) is 59.7 Å². The van der Waals surface area contributed by atoms with Gasteiger partial charge >= 0.3 is 12.1 Å². The Morgan fingerprint density at radius 2 is 1.67 bits per heavy atom. The Kier molecular flexibility index (Phi) is 6.93. The number of carbonyl (C=O) groups excluding carboxylic acids is 2. The molecule has 3 N–H and O–H groups in total. The summed E-state index contributed by atoms with van der Waals surface area (Å²) in [5.74, 6) is -1.27. The van der Waals surface area contributed by atoms with Crippen molar-refractivity contribution in [3.63, 3.8) is 0 Å². The lowest BCUT2D eigenvalue weighted by Gasteiger charge is -2.15. The summed E-state index contributed by atoms with van der Waals surface area (Å²) in [6.45, 7) is 0.749. The van der Waals surface area contributed by atoms with Crippen LogP contribution in [0.15, 0.2) is 48.5 Å². The lowest BCUT2D eigenvalue weighted by molar-refractivity contribution is -0.140. The number of carboxylic acids is 1. The number of ether oxygens (including phenoxy) is 2. The molecule has 8 nitrogen and oxygen atoms in total. The van der Waals surface area contributed by atoms with Crippen molar-refractivity contribution in [2.45, 2.75) is 24.9 Å². The van der Waals surface area contributed by atoms with E-state index in [9.17, 15) is 14.4 Å². The van der Waals surface area contributed by atoms with E-state index in [2.05, 4.69) is 34.9 Å². The van der Waals surface area contributed by atoms with Gasteiger partial charge in [0.15, 0.2) is 0 Å². The second-order valence-electron chi connectivity index (χ2n) is 8.51. The normalized spacial score (nSPS) is 19.2. The van der Waals surface area contributed by atoms with E-state index < -0.39 is 18.2 Å². The Morgan fingerprint density at radius 3 is 2.27 bits per heavy atom. The fourth-order valence-corrected chi connectivity index (χ4v) is 4.44. The van der Waals surface area contributed by atoms with E-state index in [0.29, 0.717) is 13.0 Å². The van der Waals surface area contributed by atoms with Gasteiger partial charge in [-0.2, -0.15) is 0 Å². The van der Waals surface area contributed by atoms with Crippen molar-refractivity contribution in [2.24, 2.45) is 11.8 Å². The third-order valence-electron chi connectivity index (χ3n) is 6.35. The summed E-state index contributed by atoms with van der Waals surface area (Å²) in [7, 11) is 1.41. The molecule has 3 atom stereocenters.